The predicted octanol–water partition coefficient (Wildman–Crippen LogP) is 5.51. The molecule has 3 aromatic rings. The summed E-state index contributed by atoms with van der Waals surface area (Å²) in [5.74, 6) is 0.915. The lowest BCUT2D eigenvalue weighted by molar-refractivity contribution is -0.130. The van der Waals surface area contributed by atoms with Crippen molar-refractivity contribution < 1.29 is 9.59 Å². The van der Waals surface area contributed by atoms with Gasteiger partial charge in [-0.2, -0.15) is 0 Å². The molecule has 1 aromatic carbocycles. The number of anilines is 1. The average molecular weight is 512 g/mol. The van der Waals surface area contributed by atoms with Crippen LogP contribution in [0.3, 0.4) is 0 Å². The van der Waals surface area contributed by atoms with Crippen molar-refractivity contribution in [2.45, 2.75) is 69.9 Å². The number of carbonyl (C=O) groups excluding carboxylic acids is 2. The van der Waals surface area contributed by atoms with E-state index in [4.69, 9.17) is 5.73 Å². The lowest BCUT2D eigenvalue weighted by Gasteiger charge is -2.38. The highest BCUT2D eigenvalue weighted by Crippen LogP contribution is 2.40. The summed E-state index contributed by atoms with van der Waals surface area (Å²) in [6.07, 6.45) is 11.1. The van der Waals surface area contributed by atoms with Crippen molar-refractivity contribution in [3.8, 4) is 22.4 Å². The summed E-state index contributed by atoms with van der Waals surface area (Å²) in [6, 6.07) is 16.5. The number of rotatable bonds is 7. The van der Waals surface area contributed by atoms with Crippen molar-refractivity contribution >= 4 is 17.6 Å². The molecule has 2 aliphatic rings. The molecule has 0 saturated heterocycles. The summed E-state index contributed by atoms with van der Waals surface area (Å²) in [5, 5.41) is 3.02. The van der Waals surface area contributed by atoms with Crippen molar-refractivity contribution in [2.24, 2.45) is 11.7 Å². The van der Waals surface area contributed by atoms with E-state index in [1.54, 1.807) is 13.1 Å². The van der Waals surface area contributed by atoms with E-state index in [0.717, 1.165) is 60.9 Å². The van der Waals surface area contributed by atoms with Crippen molar-refractivity contribution in [1.82, 2.24) is 14.9 Å². The summed E-state index contributed by atoms with van der Waals surface area (Å²) in [4.78, 5) is 35.6. The molecule has 2 aromatic heterocycles. The van der Waals surface area contributed by atoms with Gasteiger partial charge in [0.05, 0.1) is 5.69 Å². The van der Waals surface area contributed by atoms with Gasteiger partial charge in [0.15, 0.2) is 0 Å². The third kappa shape index (κ3) is 5.63. The van der Waals surface area contributed by atoms with Crippen LogP contribution in [0.2, 0.25) is 0 Å². The van der Waals surface area contributed by atoms with E-state index < -0.39 is 0 Å². The van der Waals surface area contributed by atoms with E-state index >= 15 is 0 Å². The standard InChI is InChI=1S/C31H37N5O2/c1-21(37)36(2)25-13-7-22(8-14-25)18-30(38)35-29-19-26(28-6-3-4-17-33-28)27(20-34-29)23-9-11-24(12-10-23)31(32)15-5-16-31/h3-4,6,9-12,17,19-20,22,25H,5,7-8,13-16,18,32H2,1-2H3,(H,34,35,38)/t22-,25-. The Hall–Kier alpha value is -3.58. The molecule has 0 spiro atoms. The second kappa shape index (κ2) is 11.0. The van der Waals surface area contributed by atoms with Crippen LogP contribution in [-0.2, 0) is 15.1 Å². The van der Waals surface area contributed by atoms with Gasteiger partial charge in [-0.1, -0.05) is 30.3 Å². The summed E-state index contributed by atoms with van der Waals surface area (Å²) in [7, 11) is 1.87. The third-order valence-electron chi connectivity index (χ3n) is 8.46. The lowest BCUT2D eigenvalue weighted by atomic mass is 9.72. The SMILES string of the molecule is CC(=O)N(C)[C@H]1CC[C@H](CC(=O)Nc2cc(-c3ccccn3)c(-c3ccc(C4(N)CCC4)cc3)cn2)CC1. The second-order valence-corrected chi connectivity index (χ2v) is 11.0. The number of carbonyl (C=O) groups is 2. The highest BCUT2D eigenvalue weighted by Gasteiger charge is 2.34. The number of hydrogen-bond donors (Lipinski definition) is 2. The minimum Gasteiger partial charge on any atom is -0.343 e. The first-order valence-corrected chi connectivity index (χ1v) is 13.7. The van der Waals surface area contributed by atoms with Crippen LogP contribution in [0.4, 0.5) is 5.82 Å². The Morgan fingerprint density at radius 2 is 1.76 bits per heavy atom. The van der Waals surface area contributed by atoms with Gasteiger partial charge < -0.3 is 16.0 Å². The molecule has 0 radical (unpaired) electrons. The highest BCUT2D eigenvalue weighted by molar-refractivity contribution is 5.92. The van der Waals surface area contributed by atoms with E-state index in [1.807, 2.05) is 42.4 Å². The lowest BCUT2D eigenvalue weighted by Crippen LogP contribution is -2.43. The summed E-state index contributed by atoms with van der Waals surface area (Å²) >= 11 is 0. The average Bonchev–Trinajstić information content (AvgIpc) is 2.92. The van der Waals surface area contributed by atoms with Gasteiger partial charge in [0.1, 0.15) is 5.82 Å². The molecule has 2 amide bonds. The number of pyridine rings is 2. The number of hydrogen-bond acceptors (Lipinski definition) is 5. The van der Waals surface area contributed by atoms with Gasteiger partial charge in [-0.25, -0.2) is 4.98 Å². The van der Waals surface area contributed by atoms with Gasteiger partial charge in [-0.3, -0.25) is 14.6 Å². The first kappa shape index (κ1) is 26.0. The van der Waals surface area contributed by atoms with Crippen LogP contribution in [0.5, 0.6) is 0 Å². The molecule has 2 aliphatic carbocycles. The van der Waals surface area contributed by atoms with E-state index in [1.165, 1.54) is 12.0 Å². The van der Waals surface area contributed by atoms with Gasteiger partial charge in [-0.05, 0) is 80.2 Å². The van der Waals surface area contributed by atoms with Crippen molar-refractivity contribution in [1.29, 1.82) is 0 Å². The predicted molar refractivity (Wildman–Crippen MR) is 150 cm³/mol. The number of aromatic nitrogens is 2. The molecule has 2 heterocycles. The molecule has 3 N–H and O–H groups in total. The van der Waals surface area contributed by atoms with Gasteiger partial charge in [0, 0.05) is 55.5 Å². The van der Waals surface area contributed by atoms with Gasteiger partial charge in [0.25, 0.3) is 0 Å². The minimum absolute atomic E-state index is 0.0290. The third-order valence-corrected chi connectivity index (χ3v) is 8.46. The normalized spacial score (nSPS) is 20.3. The Labute approximate surface area is 224 Å². The first-order valence-electron chi connectivity index (χ1n) is 13.7. The maximum atomic E-state index is 12.9. The summed E-state index contributed by atoms with van der Waals surface area (Å²) < 4.78 is 0. The maximum Gasteiger partial charge on any atom is 0.225 e. The Morgan fingerprint density at radius 1 is 1.03 bits per heavy atom. The molecule has 7 nitrogen and oxygen atoms in total. The van der Waals surface area contributed by atoms with Crippen LogP contribution in [0, 0.1) is 5.92 Å². The molecule has 2 fully saturated rings. The van der Waals surface area contributed by atoms with Crippen LogP contribution in [0.1, 0.15) is 63.9 Å². The van der Waals surface area contributed by atoms with Crippen LogP contribution in [0.15, 0.2) is 60.9 Å². The summed E-state index contributed by atoms with van der Waals surface area (Å²) in [6.45, 7) is 1.61. The summed E-state index contributed by atoms with van der Waals surface area (Å²) in [5.41, 5.74) is 11.2. The first-order chi connectivity index (χ1) is 18.3. The molecule has 0 bridgehead atoms. The minimum atomic E-state index is -0.197. The van der Waals surface area contributed by atoms with Crippen molar-refractivity contribution in [2.75, 3.05) is 12.4 Å². The molecule has 7 heteroatoms. The van der Waals surface area contributed by atoms with E-state index in [0.29, 0.717) is 18.2 Å². The quantitative estimate of drug-likeness (QED) is 0.435. The number of nitrogens with zero attached hydrogens (tertiary/aromatic N) is 3. The zero-order valence-corrected chi connectivity index (χ0v) is 22.3. The van der Waals surface area contributed by atoms with Crippen LogP contribution >= 0.6 is 0 Å². The largest absolute Gasteiger partial charge is 0.343 e. The molecule has 0 unspecified atom stereocenters. The Balaban J connectivity index is 1.30. The van der Waals surface area contributed by atoms with Crippen LogP contribution in [0.25, 0.3) is 22.4 Å². The number of benzene rings is 1. The zero-order chi connectivity index (χ0) is 26.7. The van der Waals surface area contributed by atoms with E-state index in [2.05, 4.69) is 39.6 Å². The highest BCUT2D eigenvalue weighted by atomic mass is 16.2. The Morgan fingerprint density at radius 3 is 2.37 bits per heavy atom. The second-order valence-electron chi connectivity index (χ2n) is 11.0. The van der Waals surface area contributed by atoms with Crippen molar-refractivity contribution in [3.05, 3.63) is 66.5 Å². The molecule has 198 valence electrons. The molecule has 5 rings (SSSR count). The fraction of sp³-hybridized carbons (Fsp3) is 0.419. The number of nitrogens with two attached hydrogens (primary N) is 1. The number of amides is 2. The van der Waals surface area contributed by atoms with Gasteiger partial charge in [0.2, 0.25) is 11.8 Å². The zero-order valence-electron chi connectivity index (χ0n) is 22.3. The fourth-order valence-electron chi connectivity index (χ4n) is 5.77. The number of nitrogens with one attached hydrogen (secondary N) is 1. The monoisotopic (exact) mass is 511 g/mol. The van der Waals surface area contributed by atoms with E-state index in [9.17, 15) is 9.59 Å². The molecule has 38 heavy (non-hydrogen) atoms. The van der Waals surface area contributed by atoms with E-state index in [-0.39, 0.29) is 23.4 Å². The van der Waals surface area contributed by atoms with Crippen LogP contribution < -0.4 is 11.1 Å². The van der Waals surface area contributed by atoms with Crippen molar-refractivity contribution in [3.63, 3.8) is 0 Å². The molecular weight excluding hydrogens is 474 g/mol. The van der Waals surface area contributed by atoms with Crippen LogP contribution in [-0.4, -0.2) is 39.8 Å². The fourth-order valence-corrected chi connectivity index (χ4v) is 5.77. The Kier molecular flexibility index (Phi) is 7.56. The van der Waals surface area contributed by atoms with Gasteiger partial charge >= 0.3 is 0 Å². The molecule has 0 atom stereocenters. The van der Waals surface area contributed by atoms with Gasteiger partial charge in [-0.15, -0.1) is 0 Å². The Bertz CT molecular complexity index is 1280. The molecule has 0 aliphatic heterocycles. The maximum absolute atomic E-state index is 12.9. The molecule has 2 saturated carbocycles. The topological polar surface area (TPSA) is 101 Å². The molecular formula is C31H37N5O2. The smallest absolute Gasteiger partial charge is 0.225 e.